The molecule has 1 saturated carbocycles. The number of nitrogens with one attached hydrogen (secondary N) is 2. The van der Waals surface area contributed by atoms with Crippen LogP contribution in [-0.4, -0.2) is 66.4 Å². The second-order valence-corrected chi connectivity index (χ2v) is 14.5. The molecule has 2 aromatic carbocycles. The van der Waals surface area contributed by atoms with E-state index < -0.39 is 55.5 Å². The predicted molar refractivity (Wildman–Crippen MR) is 130 cm³/mol. The van der Waals surface area contributed by atoms with Crippen molar-refractivity contribution >= 4 is 64.0 Å². The van der Waals surface area contributed by atoms with E-state index >= 15 is 0 Å². The minimum absolute atomic E-state index is 0. The summed E-state index contributed by atoms with van der Waals surface area (Å²) < 4.78 is 124. The van der Waals surface area contributed by atoms with Gasteiger partial charge >= 0.3 is 69.3 Å². The molecule has 0 heterocycles. The van der Waals surface area contributed by atoms with Crippen LogP contribution in [0.4, 0.5) is 11.4 Å². The van der Waals surface area contributed by atoms with E-state index in [2.05, 4.69) is 9.44 Å². The maximum Gasteiger partial charge on any atom is 1.00 e. The molecule has 1 fully saturated rings. The van der Waals surface area contributed by atoms with Gasteiger partial charge in [-0.25, -0.2) is 25.3 Å². The van der Waals surface area contributed by atoms with Gasteiger partial charge in [0, 0.05) is 19.8 Å². The van der Waals surface area contributed by atoms with Crippen molar-refractivity contribution in [2.24, 2.45) is 0 Å². The molecule has 0 amide bonds. The summed E-state index contributed by atoms with van der Waals surface area (Å²) >= 11 is 0. The average Bonchev–Trinajstić information content (AvgIpc) is 3.57. The summed E-state index contributed by atoms with van der Waals surface area (Å²) in [5.41, 5.74) is -0.782. The fraction of sp³-hybridized carbons (Fsp3) is 0.263. The third-order valence-electron chi connectivity index (χ3n) is 4.96. The maximum atomic E-state index is 12.1. The molecule has 1 aliphatic carbocycles. The molecule has 13 nitrogen and oxygen atoms in total. The minimum atomic E-state index is -5.11. The molecular weight excluding hydrogens is 604 g/mol. The van der Waals surface area contributed by atoms with Crippen LogP contribution in [0.1, 0.15) is 24.0 Å². The largest absolute Gasteiger partial charge is 1.00 e. The van der Waals surface area contributed by atoms with E-state index in [1.54, 1.807) is 0 Å². The summed E-state index contributed by atoms with van der Waals surface area (Å²) in [5, 5.41) is -0.595. The van der Waals surface area contributed by atoms with Crippen molar-refractivity contribution in [2.45, 2.75) is 27.9 Å². The van der Waals surface area contributed by atoms with Crippen LogP contribution in [0.25, 0.3) is 12.2 Å². The Kier molecular flexibility index (Phi) is 12.1. The number of nitrogens with zero attached hydrogens (tertiary/aromatic N) is 1. The van der Waals surface area contributed by atoms with Crippen LogP contribution in [0, 0.1) is 0 Å². The van der Waals surface area contributed by atoms with Gasteiger partial charge < -0.3 is 9.11 Å². The van der Waals surface area contributed by atoms with Crippen molar-refractivity contribution in [1.29, 1.82) is 0 Å². The number of hydrogen-bond donors (Lipinski definition) is 2. The van der Waals surface area contributed by atoms with Crippen LogP contribution >= 0.6 is 0 Å². The van der Waals surface area contributed by atoms with Crippen LogP contribution in [0.2, 0.25) is 0 Å². The van der Waals surface area contributed by atoms with Gasteiger partial charge in [0.1, 0.15) is 20.2 Å². The first-order valence-corrected chi connectivity index (χ1v) is 15.8. The first-order valence-electron chi connectivity index (χ1n) is 10.00. The normalized spacial score (nSPS) is 14.6. The summed E-state index contributed by atoms with van der Waals surface area (Å²) in [6.07, 6.45) is 3.02. The number of benzene rings is 2. The van der Waals surface area contributed by atoms with Gasteiger partial charge in [0.25, 0.3) is 0 Å². The van der Waals surface area contributed by atoms with Crippen molar-refractivity contribution in [3.05, 3.63) is 47.5 Å². The number of anilines is 2. The van der Waals surface area contributed by atoms with E-state index in [4.69, 9.17) is 0 Å². The smallest absolute Gasteiger partial charge is 0.744 e. The van der Waals surface area contributed by atoms with Crippen LogP contribution in [0.15, 0.2) is 46.2 Å². The van der Waals surface area contributed by atoms with Gasteiger partial charge in [0.15, 0.2) is 0 Å². The van der Waals surface area contributed by atoms with Crippen molar-refractivity contribution in [3.63, 3.8) is 0 Å². The van der Waals surface area contributed by atoms with Gasteiger partial charge in [-0.3, -0.25) is 9.44 Å². The van der Waals surface area contributed by atoms with Crippen LogP contribution in [0.3, 0.4) is 0 Å². The fourth-order valence-corrected chi connectivity index (χ4v) is 6.33. The third-order valence-corrected chi connectivity index (χ3v) is 10.1. The van der Waals surface area contributed by atoms with Gasteiger partial charge in [-0.05, 0) is 48.2 Å². The van der Waals surface area contributed by atoms with Crippen LogP contribution in [0.5, 0.6) is 0 Å². The van der Waals surface area contributed by atoms with Gasteiger partial charge in [-0.2, -0.15) is 12.7 Å². The van der Waals surface area contributed by atoms with E-state index in [0.29, 0.717) is 12.8 Å². The molecule has 19 heteroatoms. The fourth-order valence-electron chi connectivity index (χ4n) is 2.95. The number of rotatable bonds is 10. The molecule has 0 bridgehead atoms. The summed E-state index contributed by atoms with van der Waals surface area (Å²) in [5.74, 6) is 0. The molecule has 1 aliphatic rings. The minimum Gasteiger partial charge on any atom is -0.744 e. The van der Waals surface area contributed by atoms with E-state index in [1.165, 1.54) is 26.2 Å². The van der Waals surface area contributed by atoms with Crippen molar-refractivity contribution < 1.29 is 102 Å². The molecule has 0 aromatic heterocycles. The molecule has 0 saturated heterocycles. The molecule has 38 heavy (non-hydrogen) atoms. The molecule has 0 atom stereocenters. The monoisotopic (exact) mass is 625 g/mol. The van der Waals surface area contributed by atoms with Crippen LogP contribution < -0.4 is 68.6 Å². The molecule has 198 valence electrons. The summed E-state index contributed by atoms with van der Waals surface area (Å²) in [4.78, 5) is -1.59. The average molecular weight is 626 g/mol. The van der Waals surface area contributed by atoms with Gasteiger partial charge in [-0.1, -0.05) is 24.3 Å². The zero-order valence-electron chi connectivity index (χ0n) is 20.8. The standard InChI is InChI=1S/C19H23N3O10S4.2Na/c1-22(2)36(31,32)21-16-8-6-14(19(12-16)35(28,29)30)4-3-13-5-7-15(11-18(13)34(25,26)27)20-33(23,24)17-9-10-17;;/h3-8,11-12,17,20-21H,9-10H2,1-2H3,(H,25,26,27)(H,28,29,30);;/q;2*+1/p-2/b4-3+;;. The topological polar surface area (TPSA) is 210 Å². The van der Waals surface area contributed by atoms with E-state index in [0.717, 1.165) is 40.7 Å². The maximum absolute atomic E-state index is 12.1. The molecule has 0 spiro atoms. The molecule has 3 rings (SSSR count). The summed E-state index contributed by atoms with van der Waals surface area (Å²) in [7, 11) is -15.5. The summed E-state index contributed by atoms with van der Waals surface area (Å²) in [6, 6.07) is 6.28. The molecule has 2 N–H and O–H groups in total. The van der Waals surface area contributed by atoms with Gasteiger partial charge in [-0.15, -0.1) is 0 Å². The Hall–Kier alpha value is -0.540. The van der Waals surface area contributed by atoms with Crippen LogP contribution in [-0.2, 0) is 40.5 Å². The predicted octanol–water partition coefficient (Wildman–Crippen LogP) is -5.20. The number of sulfonamides is 1. The van der Waals surface area contributed by atoms with Gasteiger partial charge in [0.05, 0.1) is 20.7 Å². The zero-order valence-corrected chi connectivity index (χ0v) is 28.0. The Morgan fingerprint density at radius 3 is 1.47 bits per heavy atom. The number of hydrogen-bond acceptors (Lipinski definition) is 10. The molecule has 0 radical (unpaired) electrons. The van der Waals surface area contributed by atoms with E-state index in [-0.39, 0.29) is 81.6 Å². The van der Waals surface area contributed by atoms with Gasteiger partial charge in [0.2, 0.25) is 10.0 Å². The van der Waals surface area contributed by atoms with Crippen molar-refractivity contribution in [2.75, 3.05) is 23.5 Å². The Labute approximate surface area is 266 Å². The Morgan fingerprint density at radius 2 is 1.13 bits per heavy atom. The van der Waals surface area contributed by atoms with Crippen molar-refractivity contribution in [3.8, 4) is 0 Å². The SMILES string of the molecule is CN(C)S(=O)(=O)Nc1ccc(/C=C/c2ccc(NS(=O)(=O)C3CC3)cc2S(=O)(=O)[O-])c(S(=O)(=O)[O-])c1.[Na+].[Na+]. The summed E-state index contributed by atoms with van der Waals surface area (Å²) in [6.45, 7) is 0. The quantitative estimate of drug-likeness (QED) is 0.146. The molecule has 0 aliphatic heterocycles. The molecule has 0 unspecified atom stereocenters. The third kappa shape index (κ3) is 9.25. The van der Waals surface area contributed by atoms with Crippen molar-refractivity contribution in [1.82, 2.24) is 4.31 Å². The zero-order chi connectivity index (χ0) is 27.1. The first kappa shape index (κ1) is 35.5. The Balaban J connectivity index is 0.00000361. The first-order chi connectivity index (χ1) is 16.4. The van der Waals surface area contributed by atoms with E-state index in [1.807, 2.05) is 0 Å². The van der Waals surface area contributed by atoms with E-state index in [9.17, 15) is 42.8 Å². The second kappa shape index (κ2) is 13.0. The molecule has 2 aromatic rings. The molecular formula is C19H21N3Na2O10S4. The second-order valence-electron chi connectivity index (χ2n) is 7.98. The Morgan fingerprint density at radius 1 is 0.737 bits per heavy atom. The Bertz CT molecular complexity index is 1540.